The Bertz CT molecular complexity index is 1220. The molecule has 1 aliphatic carbocycles. The molecule has 1 saturated carbocycles. The smallest absolute Gasteiger partial charge is 0.240 e. The van der Waals surface area contributed by atoms with E-state index in [-0.39, 0.29) is 23.3 Å². The molecular formula is C24H28N4O4S. The molecule has 1 amide bonds. The van der Waals surface area contributed by atoms with Crippen LogP contribution < -0.4 is 14.8 Å². The fourth-order valence-electron chi connectivity index (χ4n) is 3.59. The van der Waals surface area contributed by atoms with Crippen molar-refractivity contribution >= 4 is 15.9 Å². The van der Waals surface area contributed by atoms with Crippen LogP contribution in [0.1, 0.15) is 42.3 Å². The van der Waals surface area contributed by atoms with Gasteiger partial charge in [0.1, 0.15) is 17.6 Å². The van der Waals surface area contributed by atoms with Gasteiger partial charge in [0.15, 0.2) is 0 Å². The van der Waals surface area contributed by atoms with Crippen LogP contribution in [0, 0.1) is 0 Å². The number of hydrogen-bond acceptors (Lipinski definition) is 5. The predicted molar refractivity (Wildman–Crippen MR) is 124 cm³/mol. The van der Waals surface area contributed by atoms with E-state index in [0.29, 0.717) is 18.0 Å². The zero-order valence-corrected chi connectivity index (χ0v) is 19.5. The van der Waals surface area contributed by atoms with Crippen molar-refractivity contribution in [2.24, 2.45) is 7.05 Å². The van der Waals surface area contributed by atoms with Gasteiger partial charge < -0.3 is 14.6 Å². The lowest BCUT2D eigenvalue weighted by Gasteiger charge is -2.20. The van der Waals surface area contributed by atoms with Crippen molar-refractivity contribution in [3.05, 3.63) is 77.9 Å². The number of hydrogen-bond donors (Lipinski definition) is 2. The van der Waals surface area contributed by atoms with Crippen molar-refractivity contribution in [1.82, 2.24) is 19.6 Å². The van der Waals surface area contributed by atoms with E-state index in [1.54, 1.807) is 37.6 Å². The molecule has 0 aliphatic heterocycles. The second-order valence-corrected chi connectivity index (χ2v) is 9.93. The number of imidazole rings is 1. The first kappa shape index (κ1) is 23.0. The summed E-state index contributed by atoms with van der Waals surface area (Å²) in [6.07, 6.45) is 6.07. The van der Waals surface area contributed by atoms with E-state index in [2.05, 4.69) is 15.0 Å². The molecule has 3 aromatic rings. The molecule has 8 nitrogen and oxygen atoms in total. The standard InChI is InChI=1S/C24H28N4O4S/c1-28-15-14-25-24(28)23(18-4-3-5-20(16-18)32-2)26-22(29)13-8-17-6-11-21(12-7-17)33(30,31)27-19-9-10-19/h3-7,11-12,14-16,19,23,27H,8-10,13H2,1-2H3,(H,26,29). The number of carbonyl (C=O) groups is 1. The molecule has 0 radical (unpaired) electrons. The number of rotatable bonds is 10. The topological polar surface area (TPSA) is 102 Å². The number of aryl methyl sites for hydroxylation is 2. The third-order valence-corrected chi connectivity index (χ3v) is 7.16. The van der Waals surface area contributed by atoms with Crippen LogP contribution in [0.3, 0.4) is 0 Å². The lowest BCUT2D eigenvalue weighted by Crippen LogP contribution is -2.31. The highest BCUT2D eigenvalue weighted by molar-refractivity contribution is 7.89. The molecule has 4 rings (SSSR count). The molecule has 1 aliphatic rings. The maximum Gasteiger partial charge on any atom is 0.240 e. The van der Waals surface area contributed by atoms with Crippen LogP contribution in [0.25, 0.3) is 0 Å². The number of amides is 1. The van der Waals surface area contributed by atoms with E-state index < -0.39 is 16.1 Å². The molecule has 0 saturated heterocycles. The average Bonchev–Trinajstić information content (AvgIpc) is 3.52. The first-order valence-corrected chi connectivity index (χ1v) is 12.4. The zero-order chi connectivity index (χ0) is 23.4. The van der Waals surface area contributed by atoms with Crippen molar-refractivity contribution in [2.45, 2.75) is 42.7 Å². The quantitative estimate of drug-likeness (QED) is 0.476. The van der Waals surface area contributed by atoms with Gasteiger partial charge in [0, 0.05) is 31.9 Å². The van der Waals surface area contributed by atoms with Crippen LogP contribution in [0.4, 0.5) is 0 Å². The maximum absolute atomic E-state index is 12.8. The molecule has 0 bridgehead atoms. The Morgan fingerprint density at radius 3 is 2.61 bits per heavy atom. The Morgan fingerprint density at radius 1 is 1.21 bits per heavy atom. The van der Waals surface area contributed by atoms with E-state index >= 15 is 0 Å². The van der Waals surface area contributed by atoms with Crippen molar-refractivity contribution in [3.8, 4) is 5.75 Å². The summed E-state index contributed by atoms with van der Waals surface area (Å²) in [7, 11) is 0.0121. The molecule has 1 fully saturated rings. The summed E-state index contributed by atoms with van der Waals surface area (Å²) in [5, 5.41) is 3.08. The van der Waals surface area contributed by atoms with Gasteiger partial charge in [0.25, 0.3) is 0 Å². The van der Waals surface area contributed by atoms with E-state index in [4.69, 9.17) is 4.74 Å². The van der Waals surface area contributed by atoms with Crippen LogP contribution in [-0.4, -0.2) is 37.0 Å². The van der Waals surface area contributed by atoms with Crippen molar-refractivity contribution in [1.29, 1.82) is 0 Å². The normalized spacial score (nSPS) is 14.6. The Morgan fingerprint density at radius 2 is 1.97 bits per heavy atom. The highest BCUT2D eigenvalue weighted by Crippen LogP contribution is 2.25. The number of nitrogens with one attached hydrogen (secondary N) is 2. The van der Waals surface area contributed by atoms with E-state index in [1.807, 2.05) is 42.1 Å². The van der Waals surface area contributed by atoms with Gasteiger partial charge >= 0.3 is 0 Å². The van der Waals surface area contributed by atoms with E-state index in [9.17, 15) is 13.2 Å². The monoisotopic (exact) mass is 468 g/mol. The third kappa shape index (κ3) is 5.80. The van der Waals surface area contributed by atoms with Crippen molar-refractivity contribution < 1.29 is 17.9 Å². The summed E-state index contributed by atoms with van der Waals surface area (Å²) in [4.78, 5) is 17.5. The van der Waals surface area contributed by atoms with Crippen molar-refractivity contribution in [3.63, 3.8) is 0 Å². The summed E-state index contributed by atoms with van der Waals surface area (Å²) < 4.78 is 34.5. The SMILES string of the molecule is COc1cccc(C(NC(=O)CCc2ccc(S(=O)(=O)NC3CC3)cc2)c2nccn2C)c1. The van der Waals surface area contributed by atoms with Gasteiger partial charge in [0.2, 0.25) is 15.9 Å². The summed E-state index contributed by atoms with van der Waals surface area (Å²) in [6, 6.07) is 13.9. The Labute approximate surface area is 194 Å². The van der Waals surface area contributed by atoms with Gasteiger partial charge in [-0.25, -0.2) is 18.1 Å². The molecule has 33 heavy (non-hydrogen) atoms. The number of aromatic nitrogens is 2. The Balaban J connectivity index is 1.42. The highest BCUT2D eigenvalue weighted by Gasteiger charge is 2.28. The Kier molecular flexibility index (Phi) is 6.80. The average molecular weight is 469 g/mol. The molecule has 1 aromatic heterocycles. The number of sulfonamides is 1. The second-order valence-electron chi connectivity index (χ2n) is 8.21. The van der Waals surface area contributed by atoms with Crippen LogP contribution in [0.5, 0.6) is 5.75 Å². The largest absolute Gasteiger partial charge is 0.497 e. The third-order valence-electron chi connectivity index (χ3n) is 5.62. The van der Waals surface area contributed by atoms with Gasteiger partial charge in [-0.05, 0) is 54.7 Å². The molecular weight excluding hydrogens is 440 g/mol. The number of carbonyl (C=O) groups excluding carboxylic acids is 1. The Hall–Kier alpha value is -3.17. The molecule has 9 heteroatoms. The summed E-state index contributed by atoms with van der Waals surface area (Å²) in [5.74, 6) is 1.29. The first-order chi connectivity index (χ1) is 15.9. The van der Waals surface area contributed by atoms with Crippen LogP contribution in [0.2, 0.25) is 0 Å². The highest BCUT2D eigenvalue weighted by atomic mass is 32.2. The fraction of sp³-hybridized carbons (Fsp3) is 0.333. The molecule has 2 N–H and O–H groups in total. The van der Waals surface area contributed by atoms with E-state index in [0.717, 1.165) is 24.0 Å². The lowest BCUT2D eigenvalue weighted by atomic mass is 10.0. The zero-order valence-electron chi connectivity index (χ0n) is 18.7. The van der Waals surface area contributed by atoms with Gasteiger partial charge in [-0.3, -0.25) is 4.79 Å². The van der Waals surface area contributed by atoms with Gasteiger partial charge in [-0.2, -0.15) is 0 Å². The molecule has 0 spiro atoms. The van der Waals surface area contributed by atoms with E-state index in [1.165, 1.54) is 0 Å². The molecule has 1 atom stereocenters. The van der Waals surface area contributed by atoms with Gasteiger partial charge in [0.05, 0.1) is 12.0 Å². The molecule has 1 heterocycles. The minimum absolute atomic E-state index is 0.0645. The second kappa shape index (κ2) is 9.76. The van der Waals surface area contributed by atoms with Gasteiger partial charge in [-0.15, -0.1) is 0 Å². The molecule has 2 aromatic carbocycles. The number of nitrogens with zero attached hydrogens (tertiary/aromatic N) is 2. The van der Waals surface area contributed by atoms with Crippen molar-refractivity contribution in [2.75, 3.05) is 7.11 Å². The first-order valence-electron chi connectivity index (χ1n) is 10.9. The summed E-state index contributed by atoms with van der Waals surface area (Å²) >= 11 is 0. The fourth-order valence-corrected chi connectivity index (χ4v) is 4.89. The number of ether oxygens (including phenoxy) is 1. The molecule has 174 valence electrons. The van der Waals surface area contributed by atoms with Crippen LogP contribution >= 0.6 is 0 Å². The minimum Gasteiger partial charge on any atom is -0.497 e. The predicted octanol–water partition coefficient (Wildman–Crippen LogP) is 2.71. The minimum atomic E-state index is -3.48. The maximum atomic E-state index is 12.8. The lowest BCUT2D eigenvalue weighted by molar-refractivity contribution is -0.121. The molecule has 1 unspecified atom stereocenters. The van der Waals surface area contributed by atoms with Gasteiger partial charge in [-0.1, -0.05) is 24.3 Å². The number of benzene rings is 2. The van der Waals surface area contributed by atoms with Crippen LogP contribution in [-0.2, 0) is 28.3 Å². The van der Waals surface area contributed by atoms with Crippen LogP contribution in [0.15, 0.2) is 65.8 Å². The number of methoxy groups -OCH3 is 1. The summed E-state index contributed by atoms with van der Waals surface area (Å²) in [6.45, 7) is 0. The summed E-state index contributed by atoms with van der Waals surface area (Å²) in [5.41, 5.74) is 1.76.